The minimum Gasteiger partial charge on any atom is -0.298 e. The lowest BCUT2D eigenvalue weighted by Gasteiger charge is -1.99. The molecule has 0 fully saturated rings. The van der Waals surface area contributed by atoms with E-state index in [0.717, 1.165) is 10.2 Å². The van der Waals surface area contributed by atoms with Crippen molar-refractivity contribution in [2.24, 2.45) is 0 Å². The summed E-state index contributed by atoms with van der Waals surface area (Å²) in [6, 6.07) is 0. The van der Waals surface area contributed by atoms with Gasteiger partial charge in [0.05, 0.1) is 11.3 Å². The zero-order valence-corrected chi connectivity index (χ0v) is 11.0. The molecular formula is C9H7BrN2OS2. The molecule has 0 aliphatic rings. The summed E-state index contributed by atoms with van der Waals surface area (Å²) in [5.74, 6) is -0.127. The fourth-order valence-corrected chi connectivity index (χ4v) is 3.16. The van der Waals surface area contributed by atoms with Crippen LogP contribution in [-0.2, 0) is 0 Å². The molecule has 0 atom stereocenters. The molecule has 78 valence electrons. The number of hydrogen-bond acceptors (Lipinski definition) is 4. The Morgan fingerprint density at radius 1 is 1.47 bits per heavy atom. The van der Waals surface area contributed by atoms with Gasteiger partial charge in [-0.2, -0.15) is 11.3 Å². The zero-order chi connectivity index (χ0) is 10.8. The van der Waals surface area contributed by atoms with Crippen molar-refractivity contribution in [3.63, 3.8) is 0 Å². The Balaban J connectivity index is 2.14. The van der Waals surface area contributed by atoms with Crippen LogP contribution in [0.5, 0.6) is 0 Å². The molecule has 0 aliphatic heterocycles. The number of hydrogen-bond donors (Lipinski definition) is 1. The van der Waals surface area contributed by atoms with Crippen LogP contribution in [0, 0.1) is 6.92 Å². The highest BCUT2D eigenvalue weighted by Crippen LogP contribution is 2.23. The highest BCUT2D eigenvalue weighted by molar-refractivity contribution is 9.10. The minimum atomic E-state index is -0.127. The topological polar surface area (TPSA) is 42.0 Å². The molecule has 0 aromatic carbocycles. The summed E-state index contributed by atoms with van der Waals surface area (Å²) < 4.78 is 0.818. The van der Waals surface area contributed by atoms with E-state index in [0.29, 0.717) is 10.7 Å². The van der Waals surface area contributed by atoms with Gasteiger partial charge in [-0.15, -0.1) is 11.3 Å². The number of aromatic nitrogens is 1. The van der Waals surface area contributed by atoms with Crippen LogP contribution in [0.15, 0.2) is 20.6 Å². The van der Waals surface area contributed by atoms with Crippen LogP contribution in [-0.4, -0.2) is 10.9 Å². The second-order valence-electron chi connectivity index (χ2n) is 2.88. The van der Waals surface area contributed by atoms with E-state index < -0.39 is 0 Å². The molecule has 2 aromatic heterocycles. The number of nitrogens with one attached hydrogen (secondary N) is 1. The van der Waals surface area contributed by atoms with Crippen molar-refractivity contribution < 1.29 is 4.79 Å². The van der Waals surface area contributed by atoms with Crippen LogP contribution in [0.1, 0.15) is 16.1 Å². The molecule has 3 nitrogen and oxygen atoms in total. The molecule has 2 rings (SSSR count). The predicted molar refractivity (Wildman–Crippen MR) is 66.8 cm³/mol. The van der Waals surface area contributed by atoms with Gasteiger partial charge in [0, 0.05) is 20.6 Å². The maximum atomic E-state index is 11.7. The molecular weight excluding hydrogens is 296 g/mol. The van der Waals surface area contributed by atoms with Gasteiger partial charge in [-0.05, 0) is 22.9 Å². The Morgan fingerprint density at radius 3 is 2.80 bits per heavy atom. The van der Waals surface area contributed by atoms with E-state index in [-0.39, 0.29) is 5.91 Å². The van der Waals surface area contributed by atoms with Crippen molar-refractivity contribution in [1.82, 2.24) is 4.98 Å². The number of rotatable bonds is 2. The molecule has 2 aromatic rings. The highest BCUT2D eigenvalue weighted by atomic mass is 79.9. The van der Waals surface area contributed by atoms with Crippen molar-refractivity contribution in [2.45, 2.75) is 6.92 Å². The standard InChI is InChI=1S/C9H7BrN2OS2/c1-5-2-15-9(11-5)12-8(13)6-3-14-4-7(6)10/h2-4H,1H3,(H,11,12,13). The summed E-state index contributed by atoms with van der Waals surface area (Å²) in [7, 11) is 0. The van der Waals surface area contributed by atoms with E-state index in [4.69, 9.17) is 0 Å². The lowest BCUT2D eigenvalue weighted by Crippen LogP contribution is -2.11. The SMILES string of the molecule is Cc1csc(NC(=O)c2cscc2Br)n1. The Hall–Kier alpha value is -0.720. The first kappa shape index (κ1) is 10.8. The van der Waals surface area contributed by atoms with Gasteiger partial charge in [0.15, 0.2) is 5.13 Å². The maximum absolute atomic E-state index is 11.7. The van der Waals surface area contributed by atoms with Crippen molar-refractivity contribution in [3.05, 3.63) is 31.9 Å². The van der Waals surface area contributed by atoms with Crippen LogP contribution in [0.25, 0.3) is 0 Å². The highest BCUT2D eigenvalue weighted by Gasteiger charge is 2.12. The fourth-order valence-electron chi connectivity index (χ4n) is 1.02. The molecule has 0 aliphatic carbocycles. The molecule has 15 heavy (non-hydrogen) atoms. The number of amides is 1. The Kier molecular flexibility index (Phi) is 3.18. The van der Waals surface area contributed by atoms with Gasteiger partial charge in [-0.1, -0.05) is 0 Å². The van der Waals surface area contributed by atoms with Crippen molar-refractivity contribution >= 4 is 49.6 Å². The van der Waals surface area contributed by atoms with E-state index >= 15 is 0 Å². The Labute approximate surface area is 103 Å². The van der Waals surface area contributed by atoms with Crippen LogP contribution in [0.2, 0.25) is 0 Å². The number of nitrogens with zero attached hydrogens (tertiary/aromatic N) is 1. The summed E-state index contributed by atoms with van der Waals surface area (Å²) in [4.78, 5) is 15.9. The first-order chi connectivity index (χ1) is 7.16. The molecule has 6 heteroatoms. The van der Waals surface area contributed by atoms with Gasteiger partial charge < -0.3 is 0 Å². The summed E-state index contributed by atoms with van der Waals surface area (Å²) >= 11 is 6.23. The van der Waals surface area contributed by atoms with E-state index in [2.05, 4.69) is 26.2 Å². The smallest absolute Gasteiger partial charge is 0.259 e. The normalized spacial score (nSPS) is 10.3. The zero-order valence-electron chi connectivity index (χ0n) is 7.78. The largest absolute Gasteiger partial charge is 0.298 e. The number of thiophene rings is 1. The van der Waals surface area contributed by atoms with Crippen LogP contribution in [0.4, 0.5) is 5.13 Å². The number of thiazole rings is 1. The summed E-state index contributed by atoms with van der Waals surface area (Å²) in [5.41, 5.74) is 1.56. The van der Waals surface area contributed by atoms with E-state index in [9.17, 15) is 4.79 Å². The molecule has 0 unspecified atom stereocenters. The maximum Gasteiger partial charge on any atom is 0.259 e. The lowest BCUT2D eigenvalue weighted by molar-refractivity contribution is 0.102. The average Bonchev–Trinajstić information content (AvgIpc) is 2.75. The minimum absolute atomic E-state index is 0.127. The second-order valence-corrected chi connectivity index (χ2v) is 5.34. The van der Waals surface area contributed by atoms with Crippen LogP contribution >= 0.6 is 38.6 Å². The third-order valence-electron chi connectivity index (χ3n) is 1.70. The first-order valence-electron chi connectivity index (χ1n) is 4.12. The lowest BCUT2D eigenvalue weighted by atomic mass is 10.3. The van der Waals surface area contributed by atoms with Gasteiger partial charge in [-0.25, -0.2) is 4.98 Å². The van der Waals surface area contributed by atoms with Gasteiger partial charge in [-0.3, -0.25) is 10.1 Å². The molecule has 1 N–H and O–H groups in total. The van der Waals surface area contributed by atoms with Gasteiger partial charge in [0.1, 0.15) is 0 Å². The number of anilines is 1. The molecule has 1 amide bonds. The molecule has 0 spiro atoms. The fraction of sp³-hybridized carbons (Fsp3) is 0.111. The molecule has 0 saturated heterocycles. The Morgan fingerprint density at radius 2 is 2.27 bits per heavy atom. The van der Waals surface area contributed by atoms with Crippen molar-refractivity contribution in [3.8, 4) is 0 Å². The molecule has 0 radical (unpaired) electrons. The van der Waals surface area contributed by atoms with Gasteiger partial charge in [0.25, 0.3) is 5.91 Å². The Bertz CT molecular complexity index is 492. The molecule has 0 saturated carbocycles. The number of halogens is 1. The third-order valence-corrected chi connectivity index (χ3v) is 4.28. The second kappa shape index (κ2) is 4.42. The summed E-state index contributed by atoms with van der Waals surface area (Å²) in [6.07, 6.45) is 0. The summed E-state index contributed by atoms with van der Waals surface area (Å²) in [5, 5.41) is 8.97. The summed E-state index contributed by atoms with van der Waals surface area (Å²) in [6.45, 7) is 1.90. The quantitative estimate of drug-likeness (QED) is 0.922. The van der Waals surface area contributed by atoms with E-state index in [1.54, 1.807) is 5.38 Å². The number of aryl methyl sites for hydroxylation is 1. The average molecular weight is 303 g/mol. The predicted octanol–water partition coefficient (Wildman–Crippen LogP) is 3.53. The van der Waals surface area contributed by atoms with Crippen molar-refractivity contribution in [2.75, 3.05) is 5.32 Å². The van der Waals surface area contributed by atoms with E-state index in [1.165, 1.54) is 22.7 Å². The van der Waals surface area contributed by atoms with Crippen LogP contribution in [0.3, 0.4) is 0 Å². The first-order valence-corrected chi connectivity index (χ1v) is 6.73. The monoisotopic (exact) mass is 302 g/mol. The van der Waals surface area contributed by atoms with Crippen LogP contribution < -0.4 is 5.32 Å². The molecule has 2 heterocycles. The van der Waals surface area contributed by atoms with Gasteiger partial charge in [0.2, 0.25) is 0 Å². The van der Waals surface area contributed by atoms with E-state index in [1.807, 2.05) is 17.7 Å². The third kappa shape index (κ3) is 2.45. The number of carbonyl (C=O) groups excluding carboxylic acids is 1. The molecule has 0 bridgehead atoms. The van der Waals surface area contributed by atoms with Gasteiger partial charge >= 0.3 is 0 Å². The number of carbonyl (C=O) groups is 1. The van der Waals surface area contributed by atoms with Crippen molar-refractivity contribution in [1.29, 1.82) is 0 Å².